The number of para-hydroxylation sites is 2. The maximum absolute atomic E-state index is 5.17. The van der Waals surface area contributed by atoms with E-state index in [-0.39, 0.29) is 0 Å². The minimum atomic E-state index is -0.625. The molecule has 0 amide bonds. The van der Waals surface area contributed by atoms with E-state index in [0.717, 1.165) is 27.8 Å². The second-order valence-corrected chi connectivity index (χ2v) is 15.4. The summed E-state index contributed by atoms with van der Waals surface area (Å²) in [5.41, 5.74) is 15.4. The van der Waals surface area contributed by atoms with Crippen LogP contribution in [0.1, 0.15) is 33.4 Å². The molecule has 0 saturated heterocycles. The molecule has 1 aliphatic rings. The third-order valence-electron chi connectivity index (χ3n) is 11.9. The van der Waals surface area contributed by atoms with Crippen molar-refractivity contribution in [3.8, 4) is 51.0 Å². The summed E-state index contributed by atoms with van der Waals surface area (Å²) in [7, 11) is 0. The second kappa shape index (κ2) is 13.4. The van der Waals surface area contributed by atoms with Gasteiger partial charge >= 0.3 is 0 Å². The van der Waals surface area contributed by atoms with Crippen molar-refractivity contribution in [3.63, 3.8) is 0 Å². The van der Waals surface area contributed by atoms with Gasteiger partial charge in [0, 0.05) is 27.5 Å². The van der Waals surface area contributed by atoms with E-state index in [0.29, 0.717) is 17.5 Å². The first-order chi connectivity index (χ1) is 28.6. The predicted octanol–water partition coefficient (Wildman–Crippen LogP) is 12.9. The zero-order valence-electron chi connectivity index (χ0n) is 32.3. The molecular formula is C54H38N4. The van der Waals surface area contributed by atoms with Gasteiger partial charge in [0.2, 0.25) is 0 Å². The van der Waals surface area contributed by atoms with E-state index in [1.54, 1.807) is 0 Å². The highest BCUT2D eigenvalue weighted by Gasteiger charge is 2.45. The van der Waals surface area contributed by atoms with Crippen molar-refractivity contribution in [2.24, 2.45) is 0 Å². The Morgan fingerprint density at radius 3 is 1.57 bits per heavy atom. The summed E-state index contributed by atoms with van der Waals surface area (Å²) in [6, 6.07) is 69.9. The van der Waals surface area contributed by atoms with Gasteiger partial charge in [-0.3, -0.25) is 0 Å². The average Bonchev–Trinajstić information content (AvgIpc) is 3.63. The van der Waals surface area contributed by atoms with Crippen LogP contribution in [0.15, 0.2) is 194 Å². The van der Waals surface area contributed by atoms with Crippen LogP contribution in [0.5, 0.6) is 0 Å². The van der Waals surface area contributed by atoms with Gasteiger partial charge in [-0.15, -0.1) is 0 Å². The van der Waals surface area contributed by atoms with Crippen molar-refractivity contribution in [1.29, 1.82) is 0 Å². The van der Waals surface area contributed by atoms with E-state index in [1.165, 1.54) is 60.9 Å². The molecule has 58 heavy (non-hydrogen) atoms. The number of rotatable bonds is 6. The largest absolute Gasteiger partial charge is 0.309 e. The van der Waals surface area contributed by atoms with Crippen molar-refractivity contribution in [3.05, 3.63) is 228 Å². The number of aromatic nitrogens is 4. The molecule has 4 nitrogen and oxygen atoms in total. The van der Waals surface area contributed by atoms with Gasteiger partial charge in [0.15, 0.2) is 17.5 Å². The molecule has 0 N–H and O–H groups in total. The third-order valence-corrected chi connectivity index (χ3v) is 11.9. The molecule has 0 fully saturated rings. The van der Waals surface area contributed by atoms with Crippen molar-refractivity contribution < 1.29 is 0 Å². The SMILES string of the molecule is Cc1ccc(C2(c3ccc(C)cc3)c3cc(-c4ccccc4-c4nc(-c5ccccc5)nc(-c5ccccc5)n4)ccc3-n3c4ccccc4c4cccc2c43)cc1. The quantitative estimate of drug-likeness (QED) is 0.170. The smallest absolute Gasteiger partial charge is 0.164 e. The zero-order chi connectivity index (χ0) is 38.8. The Hall–Kier alpha value is -7.43. The highest BCUT2D eigenvalue weighted by Crippen LogP contribution is 2.55. The highest BCUT2D eigenvalue weighted by atomic mass is 15.0. The maximum Gasteiger partial charge on any atom is 0.164 e. The Kier molecular flexibility index (Phi) is 7.80. The van der Waals surface area contributed by atoms with Crippen molar-refractivity contribution >= 4 is 21.8 Å². The van der Waals surface area contributed by atoms with Crippen LogP contribution >= 0.6 is 0 Å². The maximum atomic E-state index is 5.17. The summed E-state index contributed by atoms with van der Waals surface area (Å²) < 4.78 is 2.50. The molecule has 1 aliphatic heterocycles. The number of hydrogen-bond acceptors (Lipinski definition) is 3. The molecule has 0 unspecified atom stereocenters. The topological polar surface area (TPSA) is 43.6 Å². The molecule has 11 rings (SSSR count). The Balaban J connectivity index is 1.22. The van der Waals surface area contributed by atoms with Crippen LogP contribution in [0.25, 0.3) is 72.8 Å². The van der Waals surface area contributed by atoms with Crippen LogP contribution in [0.2, 0.25) is 0 Å². The highest BCUT2D eigenvalue weighted by molar-refractivity contribution is 6.12. The minimum absolute atomic E-state index is 0.625. The van der Waals surface area contributed by atoms with Crippen molar-refractivity contribution in [2.45, 2.75) is 19.3 Å². The van der Waals surface area contributed by atoms with Crippen LogP contribution in [0.3, 0.4) is 0 Å². The van der Waals surface area contributed by atoms with Gasteiger partial charge in [-0.25, -0.2) is 15.0 Å². The second-order valence-electron chi connectivity index (χ2n) is 15.4. The first-order valence-corrected chi connectivity index (χ1v) is 19.9. The van der Waals surface area contributed by atoms with Gasteiger partial charge in [-0.05, 0) is 65.4 Å². The van der Waals surface area contributed by atoms with Crippen LogP contribution in [0, 0.1) is 13.8 Å². The van der Waals surface area contributed by atoms with Gasteiger partial charge < -0.3 is 4.57 Å². The van der Waals surface area contributed by atoms with Gasteiger partial charge in [-0.1, -0.05) is 187 Å². The van der Waals surface area contributed by atoms with Crippen LogP contribution in [0.4, 0.5) is 0 Å². The van der Waals surface area contributed by atoms with Gasteiger partial charge in [0.05, 0.1) is 22.1 Å². The molecule has 0 radical (unpaired) electrons. The van der Waals surface area contributed by atoms with Gasteiger partial charge in [-0.2, -0.15) is 0 Å². The zero-order valence-corrected chi connectivity index (χ0v) is 32.3. The molecule has 0 aliphatic carbocycles. The Morgan fingerprint density at radius 1 is 0.397 bits per heavy atom. The van der Waals surface area contributed by atoms with E-state index < -0.39 is 5.41 Å². The molecule has 0 saturated carbocycles. The molecule has 4 heteroatoms. The molecule has 0 bridgehead atoms. The minimum Gasteiger partial charge on any atom is -0.309 e. The molecule has 0 spiro atoms. The lowest BCUT2D eigenvalue weighted by molar-refractivity contribution is 0.727. The number of benzene rings is 8. The monoisotopic (exact) mass is 742 g/mol. The summed E-state index contributed by atoms with van der Waals surface area (Å²) in [5.74, 6) is 1.91. The summed E-state index contributed by atoms with van der Waals surface area (Å²) >= 11 is 0. The van der Waals surface area contributed by atoms with Crippen LogP contribution < -0.4 is 0 Å². The van der Waals surface area contributed by atoms with E-state index in [9.17, 15) is 0 Å². The fourth-order valence-electron chi connectivity index (χ4n) is 9.17. The van der Waals surface area contributed by atoms with Gasteiger partial charge in [0.1, 0.15) is 0 Å². The lowest BCUT2D eigenvalue weighted by atomic mass is 9.62. The Morgan fingerprint density at radius 2 is 0.931 bits per heavy atom. The van der Waals surface area contributed by atoms with Crippen molar-refractivity contribution in [2.75, 3.05) is 0 Å². The number of fused-ring (bicyclic) bond motifs is 5. The molecule has 3 heterocycles. The molecular weight excluding hydrogens is 705 g/mol. The molecule has 274 valence electrons. The predicted molar refractivity (Wildman–Crippen MR) is 237 cm³/mol. The number of hydrogen-bond donors (Lipinski definition) is 0. The van der Waals surface area contributed by atoms with E-state index in [2.05, 4.69) is 176 Å². The standard InChI is InChI=1S/C54H38N4/c1-35-24-29-40(30-25-35)54(41-31-26-36(2)27-32-41)46-22-13-21-44-43-19-11-12-23-48(43)58(50(44)46)49-33-28-39(34-47(49)54)42-18-9-10-20-45(42)53-56-51(37-14-5-3-6-15-37)55-52(57-53)38-16-7-4-8-17-38/h3-34H,1-2H3. The fourth-order valence-corrected chi connectivity index (χ4v) is 9.17. The first kappa shape index (κ1) is 33.9. The van der Waals surface area contributed by atoms with Crippen LogP contribution in [-0.2, 0) is 5.41 Å². The molecule has 0 atom stereocenters. The number of aryl methyl sites for hydroxylation is 2. The lowest BCUT2D eigenvalue weighted by Crippen LogP contribution is -2.35. The Labute approximate surface area is 337 Å². The fraction of sp³-hybridized carbons (Fsp3) is 0.0556. The first-order valence-electron chi connectivity index (χ1n) is 19.9. The summed E-state index contributed by atoms with van der Waals surface area (Å²) in [5, 5.41) is 2.51. The van der Waals surface area contributed by atoms with Crippen LogP contribution in [-0.4, -0.2) is 19.5 Å². The third kappa shape index (κ3) is 5.19. The average molecular weight is 743 g/mol. The number of nitrogens with zero attached hydrogens (tertiary/aromatic N) is 4. The van der Waals surface area contributed by atoms with E-state index >= 15 is 0 Å². The molecule has 8 aromatic carbocycles. The van der Waals surface area contributed by atoms with Crippen molar-refractivity contribution in [1.82, 2.24) is 19.5 Å². The normalized spacial score (nSPS) is 12.8. The lowest BCUT2D eigenvalue weighted by Gasteiger charge is -2.42. The molecule has 2 aromatic heterocycles. The van der Waals surface area contributed by atoms with E-state index in [1.807, 2.05) is 36.4 Å². The summed E-state index contributed by atoms with van der Waals surface area (Å²) in [6.45, 7) is 4.33. The van der Waals surface area contributed by atoms with E-state index in [4.69, 9.17) is 15.0 Å². The molecule has 10 aromatic rings. The van der Waals surface area contributed by atoms with Gasteiger partial charge in [0.25, 0.3) is 0 Å². The summed E-state index contributed by atoms with van der Waals surface area (Å²) in [6.07, 6.45) is 0. The summed E-state index contributed by atoms with van der Waals surface area (Å²) in [4.78, 5) is 15.3. The Bertz CT molecular complexity index is 3060.